The number of ether oxygens (including phenoxy) is 1. The van der Waals surface area contributed by atoms with Crippen molar-refractivity contribution in [2.75, 3.05) is 7.11 Å². The zero-order valence-corrected chi connectivity index (χ0v) is 12.7. The summed E-state index contributed by atoms with van der Waals surface area (Å²) >= 11 is 12.0. The number of nitrogens with one attached hydrogen (secondary N) is 1. The number of pyridine rings is 1. The van der Waals surface area contributed by atoms with Gasteiger partial charge in [0.1, 0.15) is 5.69 Å². The molecule has 20 heavy (non-hydrogen) atoms. The Morgan fingerprint density at radius 2 is 1.95 bits per heavy atom. The van der Waals surface area contributed by atoms with Gasteiger partial charge in [-0.3, -0.25) is 4.79 Å². The van der Waals surface area contributed by atoms with E-state index < -0.39 is 5.97 Å². The standard InChI is InChI=1S/C14H13Cl2NO3/c1-6(2)10-12(14(19)20-3)17-11-8(13(10)18)4-7(15)5-9(11)16/h4-6H,1-3H3,(H,17,18). The van der Waals surface area contributed by atoms with Gasteiger partial charge in [0.2, 0.25) is 0 Å². The number of halogens is 2. The Hall–Kier alpha value is -1.52. The van der Waals surface area contributed by atoms with Gasteiger partial charge in [0.25, 0.3) is 0 Å². The van der Waals surface area contributed by atoms with Gasteiger partial charge in [-0.15, -0.1) is 0 Å². The Kier molecular flexibility index (Phi) is 4.06. The number of aromatic nitrogens is 1. The molecule has 2 rings (SSSR count). The van der Waals surface area contributed by atoms with Gasteiger partial charge in [-0.25, -0.2) is 4.79 Å². The molecule has 0 aliphatic carbocycles. The van der Waals surface area contributed by atoms with E-state index in [1.54, 1.807) is 0 Å². The van der Waals surface area contributed by atoms with Gasteiger partial charge in [0.15, 0.2) is 5.43 Å². The first-order valence-corrected chi connectivity index (χ1v) is 6.75. The zero-order chi connectivity index (χ0) is 15.0. The highest BCUT2D eigenvalue weighted by Gasteiger charge is 2.21. The van der Waals surface area contributed by atoms with E-state index >= 15 is 0 Å². The zero-order valence-electron chi connectivity index (χ0n) is 11.2. The number of carbonyl (C=O) groups excluding carboxylic acids is 1. The van der Waals surface area contributed by atoms with E-state index in [0.29, 0.717) is 21.5 Å². The van der Waals surface area contributed by atoms with Crippen LogP contribution in [0.3, 0.4) is 0 Å². The normalized spacial score (nSPS) is 11.1. The van der Waals surface area contributed by atoms with E-state index in [9.17, 15) is 9.59 Å². The van der Waals surface area contributed by atoms with Crippen molar-refractivity contribution in [2.24, 2.45) is 0 Å². The van der Waals surface area contributed by atoms with Gasteiger partial charge >= 0.3 is 5.97 Å². The Morgan fingerprint density at radius 1 is 1.30 bits per heavy atom. The van der Waals surface area contributed by atoms with Gasteiger partial charge in [-0.05, 0) is 18.1 Å². The lowest BCUT2D eigenvalue weighted by Crippen LogP contribution is -2.20. The van der Waals surface area contributed by atoms with Crippen LogP contribution in [0.2, 0.25) is 10.0 Å². The third-order valence-corrected chi connectivity index (χ3v) is 3.55. The maximum atomic E-state index is 12.6. The monoisotopic (exact) mass is 313 g/mol. The average molecular weight is 314 g/mol. The summed E-state index contributed by atoms with van der Waals surface area (Å²) in [5, 5.41) is 1.01. The number of fused-ring (bicyclic) bond motifs is 1. The molecule has 2 aromatic rings. The summed E-state index contributed by atoms with van der Waals surface area (Å²) in [7, 11) is 1.26. The molecule has 4 nitrogen and oxygen atoms in total. The molecular formula is C14H13Cl2NO3. The summed E-state index contributed by atoms with van der Waals surface area (Å²) in [6, 6.07) is 3.05. The van der Waals surface area contributed by atoms with Gasteiger partial charge in [-0.2, -0.15) is 0 Å². The van der Waals surface area contributed by atoms with Crippen LogP contribution in [0.1, 0.15) is 35.8 Å². The first kappa shape index (κ1) is 14.9. The van der Waals surface area contributed by atoms with Crippen LogP contribution in [0.15, 0.2) is 16.9 Å². The molecule has 106 valence electrons. The van der Waals surface area contributed by atoms with Crippen LogP contribution < -0.4 is 5.43 Å². The molecule has 0 saturated carbocycles. The lowest BCUT2D eigenvalue weighted by molar-refractivity contribution is 0.0592. The second-order valence-corrected chi connectivity index (χ2v) is 5.54. The molecule has 0 radical (unpaired) electrons. The highest BCUT2D eigenvalue weighted by molar-refractivity contribution is 6.38. The second-order valence-electron chi connectivity index (χ2n) is 4.70. The third kappa shape index (κ3) is 2.41. The number of benzene rings is 1. The molecule has 0 saturated heterocycles. The maximum absolute atomic E-state index is 12.6. The summed E-state index contributed by atoms with van der Waals surface area (Å²) in [6.07, 6.45) is 0. The van der Waals surface area contributed by atoms with Crippen molar-refractivity contribution >= 4 is 40.1 Å². The van der Waals surface area contributed by atoms with Gasteiger partial charge in [-0.1, -0.05) is 37.0 Å². The Bertz CT molecular complexity index is 750. The number of esters is 1. The number of methoxy groups -OCH3 is 1. The molecule has 0 spiro atoms. The van der Waals surface area contributed by atoms with Crippen molar-refractivity contribution in [1.29, 1.82) is 0 Å². The minimum atomic E-state index is -0.598. The Labute approximate surface area is 125 Å². The number of hydrogen-bond acceptors (Lipinski definition) is 3. The lowest BCUT2D eigenvalue weighted by Gasteiger charge is -2.13. The molecule has 1 aromatic carbocycles. The molecule has 0 atom stereocenters. The summed E-state index contributed by atoms with van der Waals surface area (Å²) < 4.78 is 4.72. The largest absolute Gasteiger partial charge is 0.464 e. The van der Waals surface area contributed by atoms with Crippen LogP contribution in [0.25, 0.3) is 10.9 Å². The molecule has 0 aliphatic heterocycles. The molecule has 0 bridgehead atoms. The highest BCUT2D eigenvalue weighted by Crippen LogP contribution is 2.27. The molecule has 1 N–H and O–H groups in total. The second kappa shape index (κ2) is 5.46. The van der Waals surface area contributed by atoms with E-state index in [2.05, 4.69) is 4.98 Å². The topological polar surface area (TPSA) is 59.2 Å². The van der Waals surface area contributed by atoms with E-state index in [1.807, 2.05) is 13.8 Å². The molecule has 6 heteroatoms. The highest BCUT2D eigenvalue weighted by atomic mass is 35.5. The van der Waals surface area contributed by atoms with Crippen LogP contribution >= 0.6 is 23.2 Å². The van der Waals surface area contributed by atoms with Gasteiger partial charge in [0, 0.05) is 16.0 Å². The molecular weight excluding hydrogens is 301 g/mol. The fourth-order valence-electron chi connectivity index (χ4n) is 2.14. The van der Waals surface area contributed by atoms with Gasteiger partial charge < -0.3 is 9.72 Å². The lowest BCUT2D eigenvalue weighted by atomic mass is 9.98. The number of rotatable bonds is 2. The SMILES string of the molecule is COC(=O)c1[nH]c2c(Cl)cc(Cl)cc2c(=O)c1C(C)C. The van der Waals surface area contributed by atoms with Crippen molar-refractivity contribution in [1.82, 2.24) is 4.98 Å². The van der Waals surface area contributed by atoms with E-state index in [4.69, 9.17) is 27.9 Å². The quantitative estimate of drug-likeness (QED) is 0.859. The fraction of sp³-hybridized carbons (Fsp3) is 0.286. The minimum Gasteiger partial charge on any atom is -0.464 e. The summed E-state index contributed by atoms with van der Waals surface area (Å²) in [5.41, 5.74) is 0.608. The van der Waals surface area contributed by atoms with Crippen molar-refractivity contribution < 1.29 is 9.53 Å². The van der Waals surface area contributed by atoms with Gasteiger partial charge in [0.05, 0.1) is 17.6 Å². The number of carbonyl (C=O) groups is 1. The van der Waals surface area contributed by atoms with Crippen LogP contribution in [0.4, 0.5) is 0 Å². The number of aromatic amines is 1. The molecule has 0 aliphatic rings. The smallest absolute Gasteiger partial charge is 0.354 e. The Morgan fingerprint density at radius 3 is 2.50 bits per heavy atom. The Balaban J connectivity index is 2.97. The van der Waals surface area contributed by atoms with Crippen LogP contribution in [0.5, 0.6) is 0 Å². The van der Waals surface area contributed by atoms with Crippen molar-refractivity contribution in [3.05, 3.63) is 43.7 Å². The predicted molar refractivity (Wildman–Crippen MR) is 80.0 cm³/mol. The average Bonchev–Trinajstić information content (AvgIpc) is 2.38. The number of hydrogen-bond donors (Lipinski definition) is 1. The molecule has 0 unspecified atom stereocenters. The van der Waals surface area contributed by atoms with E-state index in [-0.39, 0.29) is 22.1 Å². The van der Waals surface area contributed by atoms with Crippen molar-refractivity contribution in [2.45, 2.75) is 19.8 Å². The molecule has 1 aromatic heterocycles. The molecule has 0 fully saturated rings. The summed E-state index contributed by atoms with van der Waals surface area (Å²) in [5.74, 6) is -0.742. The van der Waals surface area contributed by atoms with Crippen molar-refractivity contribution in [3.63, 3.8) is 0 Å². The summed E-state index contributed by atoms with van der Waals surface area (Å²) in [6.45, 7) is 3.66. The van der Waals surface area contributed by atoms with E-state index in [1.165, 1.54) is 19.2 Å². The first-order valence-electron chi connectivity index (χ1n) is 6.00. The predicted octanol–water partition coefficient (Wildman–Crippen LogP) is 3.74. The fourth-order valence-corrected chi connectivity index (χ4v) is 2.69. The van der Waals surface area contributed by atoms with Crippen LogP contribution in [0, 0.1) is 0 Å². The molecule has 1 heterocycles. The summed E-state index contributed by atoms with van der Waals surface area (Å²) in [4.78, 5) is 27.3. The molecule has 0 amide bonds. The van der Waals surface area contributed by atoms with Crippen molar-refractivity contribution in [3.8, 4) is 0 Å². The number of H-pyrrole nitrogens is 1. The van der Waals surface area contributed by atoms with Crippen LogP contribution in [-0.4, -0.2) is 18.1 Å². The first-order chi connectivity index (χ1) is 9.36. The van der Waals surface area contributed by atoms with Crippen LogP contribution in [-0.2, 0) is 4.74 Å². The minimum absolute atomic E-state index is 0.129. The maximum Gasteiger partial charge on any atom is 0.354 e. The third-order valence-electron chi connectivity index (χ3n) is 3.03. The van der Waals surface area contributed by atoms with E-state index in [0.717, 1.165) is 0 Å².